The lowest BCUT2D eigenvalue weighted by Gasteiger charge is -2.37. The minimum atomic E-state index is -0.0940. The number of aromatic nitrogens is 2. The average Bonchev–Trinajstić information content (AvgIpc) is 3.57. The number of piperazine rings is 1. The number of rotatable bonds is 8. The molecule has 0 radical (unpaired) electrons. The fourth-order valence-electron chi connectivity index (χ4n) is 6.13. The first kappa shape index (κ1) is 26.8. The zero-order valence-electron chi connectivity index (χ0n) is 23.2. The molecule has 40 heavy (non-hydrogen) atoms. The van der Waals surface area contributed by atoms with Crippen molar-refractivity contribution in [2.24, 2.45) is 5.92 Å². The van der Waals surface area contributed by atoms with Crippen LogP contribution in [0, 0.1) is 5.92 Å². The summed E-state index contributed by atoms with van der Waals surface area (Å²) in [4.78, 5) is 29.4. The first-order chi connectivity index (χ1) is 19.7. The van der Waals surface area contributed by atoms with Gasteiger partial charge in [0.15, 0.2) is 5.76 Å². The highest BCUT2D eigenvalue weighted by Crippen LogP contribution is 2.30. The Labute approximate surface area is 236 Å². The molecule has 212 valence electrons. The quantitative estimate of drug-likeness (QED) is 0.454. The predicted octanol–water partition coefficient (Wildman–Crippen LogP) is 4.07. The van der Waals surface area contributed by atoms with Crippen LogP contribution in [0.1, 0.15) is 42.7 Å². The van der Waals surface area contributed by atoms with Gasteiger partial charge in [-0.05, 0) is 81.0 Å². The topological polar surface area (TPSA) is 87.0 Å². The summed E-state index contributed by atoms with van der Waals surface area (Å²) in [6, 6.07) is 14.2. The first-order valence-electron chi connectivity index (χ1n) is 14.8. The smallest absolute Gasteiger partial charge is 0.287 e. The summed E-state index contributed by atoms with van der Waals surface area (Å²) in [6.45, 7) is 8.42. The number of furan rings is 1. The summed E-state index contributed by atoms with van der Waals surface area (Å²) < 4.78 is 10.8. The van der Waals surface area contributed by atoms with Crippen molar-refractivity contribution in [2.75, 3.05) is 68.8 Å². The maximum atomic E-state index is 12.3. The van der Waals surface area contributed by atoms with Crippen molar-refractivity contribution in [3.05, 3.63) is 60.7 Å². The fraction of sp³-hybridized carbons (Fsp3) is 0.516. The summed E-state index contributed by atoms with van der Waals surface area (Å²) in [5.41, 5.74) is 2.10. The lowest BCUT2D eigenvalue weighted by atomic mass is 9.84. The predicted molar refractivity (Wildman–Crippen MR) is 156 cm³/mol. The Morgan fingerprint density at radius 2 is 1.65 bits per heavy atom. The van der Waals surface area contributed by atoms with Crippen molar-refractivity contribution in [1.82, 2.24) is 20.2 Å². The van der Waals surface area contributed by atoms with Crippen molar-refractivity contribution in [2.45, 2.75) is 38.1 Å². The molecule has 3 aromatic heterocycles. The Balaban J connectivity index is 1.00. The highest BCUT2D eigenvalue weighted by molar-refractivity contribution is 5.91. The van der Waals surface area contributed by atoms with Crippen LogP contribution in [0.2, 0.25) is 0 Å². The largest absolute Gasteiger partial charge is 0.459 e. The van der Waals surface area contributed by atoms with E-state index in [1.54, 1.807) is 18.4 Å². The van der Waals surface area contributed by atoms with E-state index in [-0.39, 0.29) is 11.9 Å². The van der Waals surface area contributed by atoms with E-state index in [0.29, 0.717) is 5.76 Å². The number of anilines is 2. The molecule has 3 fully saturated rings. The van der Waals surface area contributed by atoms with Gasteiger partial charge in [0.2, 0.25) is 0 Å². The highest BCUT2D eigenvalue weighted by Gasteiger charge is 2.25. The molecule has 0 unspecified atom stereocenters. The number of nitrogens with one attached hydrogen (secondary N) is 1. The molecule has 5 heterocycles. The second kappa shape index (κ2) is 12.8. The van der Waals surface area contributed by atoms with Crippen molar-refractivity contribution < 1.29 is 13.9 Å². The third-order valence-electron chi connectivity index (χ3n) is 8.57. The van der Waals surface area contributed by atoms with Crippen LogP contribution >= 0.6 is 0 Å². The van der Waals surface area contributed by atoms with E-state index in [9.17, 15) is 4.79 Å². The number of hydrogen-bond donors (Lipinski definition) is 1. The van der Waals surface area contributed by atoms with Crippen LogP contribution in [0.15, 0.2) is 59.3 Å². The standard InChI is InChI=1S/C31H40N6O3/c38-31(28-5-3-19-40-28)33-26-8-6-24(7-9-26)10-12-35-13-15-36(16-14-35)29-22-25(27-4-1-2-11-32-27)23-30(34-29)37-17-20-39-21-18-37/h1-5,11,19,22-24,26H,6-10,12-18,20-21H2,(H,33,38)/t24-,26-. The maximum absolute atomic E-state index is 12.3. The summed E-state index contributed by atoms with van der Waals surface area (Å²) in [6.07, 6.45) is 9.09. The lowest BCUT2D eigenvalue weighted by Crippen LogP contribution is -2.47. The Bertz CT molecular complexity index is 1220. The van der Waals surface area contributed by atoms with Gasteiger partial charge in [-0.2, -0.15) is 0 Å². The van der Waals surface area contributed by atoms with Gasteiger partial charge in [0.1, 0.15) is 11.6 Å². The van der Waals surface area contributed by atoms with Gasteiger partial charge in [0.05, 0.1) is 25.2 Å². The molecule has 0 aromatic carbocycles. The van der Waals surface area contributed by atoms with Gasteiger partial charge in [-0.25, -0.2) is 4.98 Å². The SMILES string of the molecule is O=C(N[C@H]1CC[C@H](CCN2CCN(c3cc(-c4ccccn4)cc(N4CCOCC4)n3)CC2)CC1)c1ccco1. The number of morpholine rings is 1. The van der Waals surface area contributed by atoms with E-state index in [1.807, 2.05) is 18.3 Å². The van der Waals surface area contributed by atoms with E-state index in [0.717, 1.165) is 101 Å². The summed E-state index contributed by atoms with van der Waals surface area (Å²) in [5.74, 6) is 3.10. The number of ether oxygens (including phenoxy) is 1. The van der Waals surface area contributed by atoms with Crippen molar-refractivity contribution in [1.29, 1.82) is 0 Å². The molecular weight excluding hydrogens is 504 g/mol. The molecule has 6 rings (SSSR count). The average molecular weight is 545 g/mol. The Hall–Kier alpha value is -3.43. The molecule has 9 heteroatoms. The van der Waals surface area contributed by atoms with E-state index in [4.69, 9.17) is 14.1 Å². The molecule has 1 aliphatic carbocycles. The Morgan fingerprint density at radius 1 is 0.900 bits per heavy atom. The van der Waals surface area contributed by atoms with Crippen LogP contribution in [0.3, 0.4) is 0 Å². The van der Waals surface area contributed by atoms with Crippen molar-refractivity contribution in [3.63, 3.8) is 0 Å². The normalized spacial score (nSPS) is 22.3. The number of hydrogen-bond acceptors (Lipinski definition) is 8. The minimum absolute atomic E-state index is 0.0940. The molecule has 2 saturated heterocycles. The maximum Gasteiger partial charge on any atom is 0.287 e. The molecule has 0 atom stereocenters. The van der Waals surface area contributed by atoms with Gasteiger partial charge in [-0.3, -0.25) is 14.7 Å². The van der Waals surface area contributed by atoms with Crippen LogP contribution in [0.5, 0.6) is 0 Å². The van der Waals surface area contributed by atoms with Crippen LogP contribution in [-0.2, 0) is 4.74 Å². The Kier molecular flexibility index (Phi) is 8.59. The summed E-state index contributed by atoms with van der Waals surface area (Å²) in [5, 5.41) is 3.14. The third-order valence-corrected chi connectivity index (χ3v) is 8.57. The van der Waals surface area contributed by atoms with Crippen molar-refractivity contribution >= 4 is 17.5 Å². The number of pyridine rings is 2. The minimum Gasteiger partial charge on any atom is -0.459 e. The molecule has 9 nitrogen and oxygen atoms in total. The number of carbonyl (C=O) groups is 1. The second-order valence-electron chi connectivity index (χ2n) is 11.2. The zero-order valence-corrected chi connectivity index (χ0v) is 23.2. The van der Waals surface area contributed by atoms with Gasteiger partial charge in [-0.15, -0.1) is 0 Å². The molecule has 0 bridgehead atoms. The molecule has 3 aromatic rings. The Morgan fingerprint density at radius 3 is 2.33 bits per heavy atom. The van der Waals surface area contributed by atoms with Gasteiger partial charge in [0.25, 0.3) is 5.91 Å². The van der Waals surface area contributed by atoms with Gasteiger partial charge < -0.3 is 24.3 Å². The zero-order chi connectivity index (χ0) is 27.1. The summed E-state index contributed by atoms with van der Waals surface area (Å²) >= 11 is 0. The van der Waals surface area contributed by atoms with E-state index < -0.39 is 0 Å². The number of amides is 1. The van der Waals surface area contributed by atoms with Crippen LogP contribution in [0.4, 0.5) is 11.6 Å². The van der Waals surface area contributed by atoms with Crippen LogP contribution in [-0.4, -0.2) is 85.8 Å². The van der Waals surface area contributed by atoms with Gasteiger partial charge in [0, 0.05) is 57.1 Å². The van der Waals surface area contributed by atoms with Crippen LogP contribution < -0.4 is 15.1 Å². The van der Waals surface area contributed by atoms with Crippen molar-refractivity contribution in [3.8, 4) is 11.3 Å². The third kappa shape index (κ3) is 6.64. The van der Waals surface area contributed by atoms with E-state index in [1.165, 1.54) is 19.3 Å². The molecule has 2 aliphatic heterocycles. The first-order valence-corrected chi connectivity index (χ1v) is 14.8. The van der Waals surface area contributed by atoms with Gasteiger partial charge in [-0.1, -0.05) is 6.07 Å². The summed E-state index contributed by atoms with van der Waals surface area (Å²) in [7, 11) is 0. The monoisotopic (exact) mass is 544 g/mol. The van der Waals surface area contributed by atoms with E-state index >= 15 is 0 Å². The molecule has 3 aliphatic rings. The second-order valence-corrected chi connectivity index (χ2v) is 11.2. The molecule has 1 amide bonds. The molecular formula is C31H40N6O3. The van der Waals surface area contributed by atoms with Gasteiger partial charge >= 0.3 is 0 Å². The molecule has 1 N–H and O–H groups in total. The number of carbonyl (C=O) groups excluding carboxylic acids is 1. The fourth-order valence-corrected chi connectivity index (χ4v) is 6.13. The highest BCUT2D eigenvalue weighted by atomic mass is 16.5. The lowest BCUT2D eigenvalue weighted by molar-refractivity contribution is 0.0891. The van der Waals surface area contributed by atoms with E-state index in [2.05, 4.69) is 43.2 Å². The molecule has 1 saturated carbocycles. The molecule has 0 spiro atoms. The van der Waals surface area contributed by atoms with Crippen LogP contribution in [0.25, 0.3) is 11.3 Å². The number of nitrogens with zero attached hydrogens (tertiary/aromatic N) is 5.